The van der Waals surface area contributed by atoms with Crippen molar-refractivity contribution in [2.24, 2.45) is 0 Å². The molecule has 6 heteroatoms. The van der Waals surface area contributed by atoms with Crippen LogP contribution in [0, 0.1) is 16.7 Å². The zero-order valence-corrected chi connectivity index (χ0v) is 14.2. The van der Waals surface area contributed by atoms with Gasteiger partial charge in [-0.25, -0.2) is 0 Å². The topological polar surface area (TPSA) is 89.6 Å². The zero-order chi connectivity index (χ0) is 17.1. The second kappa shape index (κ2) is 7.02. The lowest BCUT2D eigenvalue weighted by Crippen LogP contribution is -2.25. The van der Waals surface area contributed by atoms with Gasteiger partial charge in [-0.1, -0.05) is 31.2 Å². The van der Waals surface area contributed by atoms with Gasteiger partial charge in [-0.3, -0.25) is 15.2 Å². The van der Waals surface area contributed by atoms with Gasteiger partial charge in [0.1, 0.15) is 6.07 Å². The second-order valence-corrected chi connectivity index (χ2v) is 7.06. The Morgan fingerprint density at radius 1 is 1.46 bits per heavy atom. The maximum atomic E-state index is 11.8. The van der Waals surface area contributed by atoms with Crippen molar-refractivity contribution in [2.45, 2.75) is 37.9 Å². The molecule has 3 rings (SSSR count). The highest BCUT2D eigenvalue weighted by atomic mass is 32.2. The zero-order valence-electron chi connectivity index (χ0n) is 13.4. The Kier molecular flexibility index (Phi) is 4.81. The molecule has 1 aliphatic rings. The predicted octanol–water partition coefficient (Wildman–Crippen LogP) is 3.16. The maximum Gasteiger partial charge on any atom is 0.239 e. The standard InChI is InChI=1S/C18H18N4OS/c1-2-3-4-13-12(9-19)10-21-15-6-5-11(7-14(13)15)8-16-17(23)22-18(20)24-16/h5-7,10,16H,2-4,8H2,1H3,(H2,20,22,23). The number of hydrogen-bond acceptors (Lipinski definition) is 5. The first kappa shape index (κ1) is 16.5. The summed E-state index contributed by atoms with van der Waals surface area (Å²) in [6, 6.07) is 8.21. The second-order valence-electron chi connectivity index (χ2n) is 5.85. The summed E-state index contributed by atoms with van der Waals surface area (Å²) >= 11 is 1.25. The molecular formula is C18H18N4OS. The van der Waals surface area contributed by atoms with Crippen molar-refractivity contribution < 1.29 is 4.79 Å². The van der Waals surface area contributed by atoms with E-state index in [9.17, 15) is 10.1 Å². The van der Waals surface area contributed by atoms with E-state index in [1.165, 1.54) is 11.8 Å². The molecule has 0 spiro atoms. The van der Waals surface area contributed by atoms with Crippen LogP contribution in [0.15, 0.2) is 24.4 Å². The quantitative estimate of drug-likeness (QED) is 0.876. The van der Waals surface area contributed by atoms with Crippen LogP contribution in [0.1, 0.15) is 36.5 Å². The molecule has 0 radical (unpaired) electrons. The number of rotatable bonds is 5. The minimum absolute atomic E-state index is 0.111. The van der Waals surface area contributed by atoms with Gasteiger partial charge in [-0.15, -0.1) is 0 Å². The van der Waals surface area contributed by atoms with Crippen LogP contribution < -0.4 is 5.32 Å². The van der Waals surface area contributed by atoms with E-state index in [1.807, 2.05) is 18.2 Å². The number of amidine groups is 1. The summed E-state index contributed by atoms with van der Waals surface area (Å²) in [7, 11) is 0. The Labute approximate surface area is 145 Å². The average molecular weight is 338 g/mol. The van der Waals surface area contributed by atoms with Crippen LogP contribution in [0.2, 0.25) is 0 Å². The molecule has 1 saturated heterocycles. The van der Waals surface area contributed by atoms with Gasteiger partial charge in [0.15, 0.2) is 5.17 Å². The fourth-order valence-electron chi connectivity index (χ4n) is 2.91. The molecule has 1 amide bonds. The van der Waals surface area contributed by atoms with E-state index in [-0.39, 0.29) is 16.3 Å². The molecule has 2 heterocycles. The number of carbonyl (C=O) groups is 1. The van der Waals surface area contributed by atoms with E-state index < -0.39 is 0 Å². The summed E-state index contributed by atoms with van der Waals surface area (Å²) in [5.41, 5.74) is 3.57. The minimum atomic E-state index is -0.263. The molecule has 1 aliphatic heterocycles. The van der Waals surface area contributed by atoms with Gasteiger partial charge in [-0.2, -0.15) is 5.26 Å². The van der Waals surface area contributed by atoms with Crippen molar-refractivity contribution in [3.8, 4) is 6.07 Å². The number of fused-ring (bicyclic) bond motifs is 1. The Bertz CT molecular complexity index is 856. The number of nitrogens with zero attached hydrogens (tertiary/aromatic N) is 2. The Hall–Kier alpha value is -2.39. The summed E-state index contributed by atoms with van der Waals surface area (Å²) in [5.74, 6) is -0.111. The van der Waals surface area contributed by atoms with E-state index in [4.69, 9.17) is 5.41 Å². The van der Waals surface area contributed by atoms with Crippen LogP contribution in [0.3, 0.4) is 0 Å². The largest absolute Gasteiger partial charge is 0.305 e. The molecule has 24 heavy (non-hydrogen) atoms. The predicted molar refractivity (Wildman–Crippen MR) is 96.0 cm³/mol. The molecule has 0 saturated carbocycles. The monoisotopic (exact) mass is 338 g/mol. The number of carbonyl (C=O) groups excluding carboxylic acids is 1. The van der Waals surface area contributed by atoms with Crippen LogP contribution in [-0.4, -0.2) is 21.3 Å². The number of unbranched alkanes of at least 4 members (excludes halogenated alkanes) is 1. The first-order chi connectivity index (χ1) is 11.6. The van der Waals surface area contributed by atoms with Crippen molar-refractivity contribution in [1.29, 1.82) is 10.7 Å². The van der Waals surface area contributed by atoms with Gasteiger partial charge in [0.2, 0.25) is 5.91 Å². The van der Waals surface area contributed by atoms with Gasteiger partial charge in [0, 0.05) is 11.6 Å². The lowest BCUT2D eigenvalue weighted by molar-refractivity contribution is -0.118. The van der Waals surface area contributed by atoms with E-state index in [1.54, 1.807) is 6.20 Å². The van der Waals surface area contributed by atoms with Crippen molar-refractivity contribution in [2.75, 3.05) is 0 Å². The molecule has 1 aromatic heterocycles. The molecule has 1 aromatic carbocycles. The number of aryl methyl sites for hydroxylation is 1. The molecule has 122 valence electrons. The van der Waals surface area contributed by atoms with E-state index >= 15 is 0 Å². The Morgan fingerprint density at radius 3 is 2.96 bits per heavy atom. The number of benzene rings is 1. The van der Waals surface area contributed by atoms with Gasteiger partial charge in [0.05, 0.1) is 16.3 Å². The number of amides is 1. The Balaban J connectivity index is 1.98. The molecule has 0 bridgehead atoms. The van der Waals surface area contributed by atoms with Crippen molar-refractivity contribution in [1.82, 2.24) is 10.3 Å². The number of nitrogens with one attached hydrogen (secondary N) is 2. The summed E-state index contributed by atoms with van der Waals surface area (Å²) in [6.07, 6.45) is 5.16. The third-order valence-electron chi connectivity index (χ3n) is 4.16. The molecular weight excluding hydrogens is 320 g/mol. The molecule has 0 aliphatic carbocycles. The van der Waals surface area contributed by atoms with E-state index in [0.717, 1.165) is 41.3 Å². The summed E-state index contributed by atoms with van der Waals surface area (Å²) < 4.78 is 0. The maximum absolute atomic E-state index is 11.8. The summed E-state index contributed by atoms with van der Waals surface area (Å²) in [6.45, 7) is 2.13. The molecule has 2 N–H and O–H groups in total. The van der Waals surface area contributed by atoms with Crippen LogP contribution >= 0.6 is 11.8 Å². The van der Waals surface area contributed by atoms with Crippen molar-refractivity contribution in [3.05, 3.63) is 41.1 Å². The Morgan fingerprint density at radius 2 is 2.29 bits per heavy atom. The summed E-state index contributed by atoms with van der Waals surface area (Å²) in [5, 5.41) is 20.4. The number of pyridine rings is 1. The van der Waals surface area contributed by atoms with Crippen LogP contribution in [0.4, 0.5) is 0 Å². The molecule has 2 aromatic rings. The number of nitriles is 1. The highest BCUT2D eigenvalue weighted by Crippen LogP contribution is 2.27. The van der Waals surface area contributed by atoms with Crippen LogP contribution in [-0.2, 0) is 17.6 Å². The first-order valence-corrected chi connectivity index (χ1v) is 8.87. The first-order valence-electron chi connectivity index (χ1n) is 7.99. The molecule has 5 nitrogen and oxygen atoms in total. The lowest BCUT2D eigenvalue weighted by Gasteiger charge is -2.11. The third kappa shape index (κ3) is 3.26. The third-order valence-corrected chi connectivity index (χ3v) is 5.16. The molecule has 1 unspecified atom stereocenters. The fourth-order valence-corrected chi connectivity index (χ4v) is 3.79. The van der Waals surface area contributed by atoms with Crippen LogP contribution in [0.5, 0.6) is 0 Å². The molecule has 1 atom stereocenters. The van der Waals surface area contributed by atoms with Crippen molar-refractivity contribution in [3.63, 3.8) is 0 Å². The SMILES string of the molecule is CCCCc1c(C#N)cnc2ccc(CC3SC(=N)NC3=O)cc12. The number of aromatic nitrogens is 1. The average Bonchev–Trinajstić information content (AvgIpc) is 2.89. The number of thioether (sulfide) groups is 1. The minimum Gasteiger partial charge on any atom is -0.305 e. The van der Waals surface area contributed by atoms with Gasteiger partial charge in [0.25, 0.3) is 0 Å². The van der Waals surface area contributed by atoms with Crippen LogP contribution in [0.25, 0.3) is 10.9 Å². The van der Waals surface area contributed by atoms with Gasteiger partial charge < -0.3 is 5.32 Å². The molecule has 1 fully saturated rings. The lowest BCUT2D eigenvalue weighted by atomic mass is 9.96. The van der Waals surface area contributed by atoms with E-state index in [2.05, 4.69) is 23.3 Å². The van der Waals surface area contributed by atoms with E-state index in [0.29, 0.717) is 12.0 Å². The fraction of sp³-hybridized carbons (Fsp3) is 0.333. The number of hydrogen-bond donors (Lipinski definition) is 2. The smallest absolute Gasteiger partial charge is 0.239 e. The van der Waals surface area contributed by atoms with Crippen molar-refractivity contribution >= 4 is 33.7 Å². The summed E-state index contributed by atoms with van der Waals surface area (Å²) in [4.78, 5) is 16.2. The highest BCUT2D eigenvalue weighted by Gasteiger charge is 2.29. The highest BCUT2D eigenvalue weighted by molar-refractivity contribution is 8.15. The van der Waals surface area contributed by atoms with Gasteiger partial charge in [-0.05, 0) is 42.5 Å². The van der Waals surface area contributed by atoms with Gasteiger partial charge >= 0.3 is 0 Å². The normalized spacial score (nSPS) is 17.1.